The van der Waals surface area contributed by atoms with Crippen molar-refractivity contribution in [2.75, 3.05) is 6.61 Å². The summed E-state index contributed by atoms with van der Waals surface area (Å²) >= 11 is 1.21. The summed E-state index contributed by atoms with van der Waals surface area (Å²) in [5.74, 6) is -6.76. The highest BCUT2D eigenvalue weighted by atomic mass is 127. The minimum atomic E-state index is -1.48. The van der Waals surface area contributed by atoms with E-state index >= 15 is 0 Å². The van der Waals surface area contributed by atoms with E-state index in [1.807, 2.05) is 6.92 Å². The lowest BCUT2D eigenvalue weighted by atomic mass is 10.2. The Labute approximate surface area is 117 Å². The van der Waals surface area contributed by atoms with Crippen LogP contribution in [0.15, 0.2) is 0 Å². The maximum absolute atomic E-state index is 13.4. The van der Waals surface area contributed by atoms with Gasteiger partial charge in [0.05, 0.1) is 10.2 Å². The maximum Gasteiger partial charge on any atom is 0.205 e. The lowest BCUT2D eigenvalue weighted by Crippen LogP contribution is -2.07. The molecule has 0 aliphatic heterocycles. The zero-order valence-electron chi connectivity index (χ0n) is 9.83. The Bertz CT molecular complexity index is 394. The molecular weight excluding hydrogens is 363 g/mol. The topological polar surface area (TPSA) is 9.23 Å². The van der Waals surface area contributed by atoms with Gasteiger partial charge in [-0.1, -0.05) is 26.2 Å². The first-order valence-electron chi connectivity index (χ1n) is 5.64. The third kappa shape index (κ3) is 3.49. The van der Waals surface area contributed by atoms with Gasteiger partial charge in [0.25, 0.3) is 0 Å². The van der Waals surface area contributed by atoms with Gasteiger partial charge in [0.15, 0.2) is 17.4 Å². The lowest BCUT2D eigenvalue weighted by molar-refractivity contribution is 0.262. The van der Waals surface area contributed by atoms with Crippen molar-refractivity contribution in [2.45, 2.75) is 32.6 Å². The van der Waals surface area contributed by atoms with Crippen LogP contribution in [-0.4, -0.2) is 6.61 Å². The maximum atomic E-state index is 13.4. The molecule has 6 heteroatoms. The second-order valence-corrected chi connectivity index (χ2v) is 4.89. The summed E-state index contributed by atoms with van der Waals surface area (Å²) in [7, 11) is 0. The van der Waals surface area contributed by atoms with Gasteiger partial charge in [0, 0.05) is 0 Å². The average Bonchev–Trinajstić information content (AvgIpc) is 2.37. The van der Waals surface area contributed by atoms with Gasteiger partial charge >= 0.3 is 0 Å². The van der Waals surface area contributed by atoms with Crippen LogP contribution in [0.4, 0.5) is 17.6 Å². The highest BCUT2D eigenvalue weighted by Gasteiger charge is 2.25. The Morgan fingerprint density at radius 2 is 1.44 bits per heavy atom. The molecule has 1 rings (SSSR count). The smallest absolute Gasteiger partial charge is 0.205 e. The quantitative estimate of drug-likeness (QED) is 0.228. The van der Waals surface area contributed by atoms with Gasteiger partial charge in [-0.25, -0.2) is 8.78 Å². The van der Waals surface area contributed by atoms with E-state index in [-0.39, 0.29) is 6.61 Å². The van der Waals surface area contributed by atoms with Gasteiger partial charge in [-0.15, -0.1) is 0 Å². The summed E-state index contributed by atoms with van der Waals surface area (Å²) < 4.78 is 57.2. The molecule has 0 heterocycles. The zero-order valence-corrected chi connectivity index (χ0v) is 12.0. The Morgan fingerprint density at radius 1 is 0.889 bits per heavy atom. The summed E-state index contributed by atoms with van der Waals surface area (Å²) in [6.07, 6.45) is 3.41. The van der Waals surface area contributed by atoms with Crippen LogP contribution < -0.4 is 4.74 Å². The van der Waals surface area contributed by atoms with Gasteiger partial charge in [0.2, 0.25) is 11.6 Å². The normalized spacial score (nSPS) is 10.8. The van der Waals surface area contributed by atoms with Crippen molar-refractivity contribution < 1.29 is 22.3 Å². The predicted molar refractivity (Wildman–Crippen MR) is 68.6 cm³/mol. The van der Waals surface area contributed by atoms with Crippen LogP contribution in [-0.2, 0) is 0 Å². The molecule has 0 fully saturated rings. The molecule has 0 spiro atoms. The van der Waals surface area contributed by atoms with E-state index in [9.17, 15) is 17.6 Å². The van der Waals surface area contributed by atoms with E-state index < -0.39 is 32.6 Å². The Hall–Kier alpha value is -0.530. The third-order valence-electron chi connectivity index (χ3n) is 2.41. The molecular formula is C12H13F4IO. The molecule has 18 heavy (non-hydrogen) atoms. The summed E-state index contributed by atoms with van der Waals surface area (Å²) in [4.78, 5) is 0. The van der Waals surface area contributed by atoms with E-state index in [4.69, 9.17) is 4.74 Å². The summed E-state index contributed by atoms with van der Waals surface area (Å²) in [5, 5.41) is 0. The Kier molecular flexibility index (Phi) is 6.17. The first-order chi connectivity index (χ1) is 8.50. The van der Waals surface area contributed by atoms with Crippen molar-refractivity contribution in [2.24, 2.45) is 0 Å². The van der Waals surface area contributed by atoms with E-state index in [1.165, 1.54) is 22.6 Å². The molecule has 0 N–H and O–H groups in total. The van der Waals surface area contributed by atoms with Crippen molar-refractivity contribution in [1.82, 2.24) is 0 Å². The molecule has 0 aliphatic carbocycles. The molecule has 0 amide bonds. The van der Waals surface area contributed by atoms with Crippen LogP contribution in [0.2, 0.25) is 0 Å². The Morgan fingerprint density at radius 3 is 1.94 bits per heavy atom. The van der Waals surface area contributed by atoms with E-state index in [2.05, 4.69) is 0 Å². The fraction of sp³-hybridized carbons (Fsp3) is 0.500. The van der Waals surface area contributed by atoms with Gasteiger partial charge in [-0.3, -0.25) is 0 Å². The van der Waals surface area contributed by atoms with E-state index in [0.29, 0.717) is 6.42 Å². The number of halogens is 5. The number of hydrogen-bond acceptors (Lipinski definition) is 1. The first kappa shape index (κ1) is 15.5. The van der Waals surface area contributed by atoms with Gasteiger partial charge in [0.1, 0.15) is 0 Å². The second-order valence-electron chi connectivity index (χ2n) is 3.81. The van der Waals surface area contributed by atoms with Crippen molar-refractivity contribution in [3.8, 4) is 5.75 Å². The highest BCUT2D eigenvalue weighted by molar-refractivity contribution is 14.1. The van der Waals surface area contributed by atoms with Gasteiger partial charge < -0.3 is 4.74 Å². The van der Waals surface area contributed by atoms with Crippen LogP contribution in [0.25, 0.3) is 0 Å². The highest BCUT2D eigenvalue weighted by Crippen LogP contribution is 2.30. The molecule has 0 saturated carbocycles. The fourth-order valence-corrected chi connectivity index (χ4v) is 1.89. The number of benzene rings is 1. The van der Waals surface area contributed by atoms with Crippen molar-refractivity contribution in [1.29, 1.82) is 0 Å². The van der Waals surface area contributed by atoms with E-state index in [0.717, 1.165) is 19.3 Å². The molecule has 1 aromatic rings. The van der Waals surface area contributed by atoms with Crippen molar-refractivity contribution >= 4 is 22.6 Å². The molecule has 0 radical (unpaired) electrons. The van der Waals surface area contributed by atoms with Crippen molar-refractivity contribution in [3.63, 3.8) is 0 Å². The van der Waals surface area contributed by atoms with Crippen LogP contribution in [0.3, 0.4) is 0 Å². The fourth-order valence-electron chi connectivity index (χ4n) is 1.41. The second kappa shape index (κ2) is 7.16. The summed E-state index contributed by atoms with van der Waals surface area (Å²) in [6.45, 7) is 2.05. The number of rotatable bonds is 6. The lowest BCUT2D eigenvalue weighted by Gasteiger charge is -2.10. The molecule has 0 atom stereocenters. The molecule has 102 valence electrons. The molecule has 0 aliphatic rings. The van der Waals surface area contributed by atoms with Crippen molar-refractivity contribution in [3.05, 3.63) is 26.8 Å². The molecule has 1 aromatic carbocycles. The zero-order chi connectivity index (χ0) is 13.7. The molecule has 1 nitrogen and oxygen atoms in total. The Balaban J connectivity index is 2.77. The minimum Gasteiger partial charge on any atom is -0.487 e. The predicted octanol–water partition coefficient (Wildman–Crippen LogP) is 4.81. The first-order valence-corrected chi connectivity index (χ1v) is 6.72. The molecule has 0 saturated heterocycles. The number of ether oxygens (including phenoxy) is 1. The molecule has 0 aromatic heterocycles. The average molecular weight is 376 g/mol. The number of unbranched alkanes of at least 4 members (excludes halogenated alkanes) is 3. The SMILES string of the molecule is CCCCCCOc1c(F)c(F)c(I)c(F)c1F. The van der Waals surface area contributed by atoms with Crippen LogP contribution in [0.1, 0.15) is 32.6 Å². The molecule has 0 bridgehead atoms. The molecule has 0 unspecified atom stereocenters. The van der Waals surface area contributed by atoms with Gasteiger partial charge in [-0.05, 0) is 29.0 Å². The third-order valence-corrected chi connectivity index (χ3v) is 3.36. The summed E-state index contributed by atoms with van der Waals surface area (Å²) in [5.41, 5.74) is 0. The summed E-state index contributed by atoms with van der Waals surface area (Å²) in [6, 6.07) is 0. The standard InChI is InChI=1S/C12H13F4IO/c1-2-3-4-5-6-18-12-9(15)7(13)11(17)8(14)10(12)16/h2-6H2,1H3. The largest absolute Gasteiger partial charge is 0.487 e. The van der Waals surface area contributed by atoms with Crippen LogP contribution in [0.5, 0.6) is 5.75 Å². The monoisotopic (exact) mass is 376 g/mol. The van der Waals surface area contributed by atoms with E-state index in [1.54, 1.807) is 0 Å². The van der Waals surface area contributed by atoms with Gasteiger partial charge in [-0.2, -0.15) is 8.78 Å². The van der Waals surface area contributed by atoms with Crippen LogP contribution >= 0.6 is 22.6 Å². The minimum absolute atomic E-state index is 0.0350. The number of hydrogen-bond donors (Lipinski definition) is 0. The van der Waals surface area contributed by atoms with Crippen LogP contribution in [0, 0.1) is 26.8 Å².